The molecule has 3 rings (SSSR count). The lowest BCUT2D eigenvalue weighted by Gasteiger charge is -2.12. The number of esters is 1. The number of thioether (sulfide) groups is 1. The van der Waals surface area contributed by atoms with Gasteiger partial charge in [0.05, 0.1) is 17.9 Å². The SMILES string of the molecule is CCCOC(=O)c1ccc(Nc2nc(SC)nc3c2CCC3)cc1. The normalized spacial score (nSPS) is 12.8. The maximum absolute atomic E-state index is 11.8. The minimum absolute atomic E-state index is 0.281. The third-order valence-electron chi connectivity index (χ3n) is 3.92. The van der Waals surface area contributed by atoms with Crippen LogP contribution in [0, 0.1) is 0 Å². The van der Waals surface area contributed by atoms with E-state index in [0.717, 1.165) is 48.0 Å². The average Bonchev–Trinajstić information content (AvgIpc) is 3.09. The molecule has 0 radical (unpaired) electrons. The van der Waals surface area contributed by atoms with Gasteiger partial charge in [0.25, 0.3) is 0 Å². The van der Waals surface area contributed by atoms with E-state index in [1.807, 2.05) is 25.3 Å². The topological polar surface area (TPSA) is 64.1 Å². The monoisotopic (exact) mass is 343 g/mol. The third kappa shape index (κ3) is 3.70. The highest BCUT2D eigenvalue weighted by Gasteiger charge is 2.19. The fourth-order valence-electron chi connectivity index (χ4n) is 2.71. The standard InChI is InChI=1S/C18H21N3O2S/c1-3-11-23-17(22)12-7-9-13(10-8-12)19-16-14-5-4-6-15(14)20-18(21-16)24-2/h7-10H,3-6,11H2,1-2H3,(H,19,20,21). The van der Waals surface area contributed by atoms with Crippen molar-refractivity contribution in [3.63, 3.8) is 0 Å². The number of rotatable bonds is 6. The van der Waals surface area contributed by atoms with Gasteiger partial charge in [-0.15, -0.1) is 0 Å². The summed E-state index contributed by atoms with van der Waals surface area (Å²) in [6.45, 7) is 2.42. The summed E-state index contributed by atoms with van der Waals surface area (Å²) in [5.41, 5.74) is 3.82. The zero-order valence-corrected chi connectivity index (χ0v) is 14.8. The number of aromatic nitrogens is 2. The molecule has 0 aliphatic heterocycles. The number of nitrogens with zero attached hydrogens (tertiary/aromatic N) is 2. The van der Waals surface area contributed by atoms with Crippen molar-refractivity contribution in [3.05, 3.63) is 41.1 Å². The van der Waals surface area contributed by atoms with Gasteiger partial charge in [0.1, 0.15) is 5.82 Å². The predicted molar refractivity (Wildman–Crippen MR) is 96.1 cm³/mol. The number of aryl methyl sites for hydroxylation is 1. The van der Waals surface area contributed by atoms with Crippen LogP contribution in [-0.2, 0) is 17.6 Å². The molecule has 5 nitrogen and oxygen atoms in total. The smallest absolute Gasteiger partial charge is 0.338 e. The second-order valence-corrected chi connectivity index (χ2v) is 6.45. The minimum Gasteiger partial charge on any atom is -0.462 e. The van der Waals surface area contributed by atoms with Crippen LogP contribution < -0.4 is 5.32 Å². The molecule has 1 aromatic heterocycles. The van der Waals surface area contributed by atoms with Gasteiger partial charge in [0, 0.05) is 11.3 Å². The van der Waals surface area contributed by atoms with Crippen LogP contribution in [0.25, 0.3) is 0 Å². The number of hydrogen-bond donors (Lipinski definition) is 1. The van der Waals surface area contributed by atoms with E-state index in [4.69, 9.17) is 4.74 Å². The van der Waals surface area contributed by atoms with E-state index < -0.39 is 0 Å². The minimum atomic E-state index is -0.281. The van der Waals surface area contributed by atoms with Crippen molar-refractivity contribution in [1.29, 1.82) is 0 Å². The van der Waals surface area contributed by atoms with Crippen LogP contribution in [-0.4, -0.2) is 28.8 Å². The van der Waals surface area contributed by atoms with Gasteiger partial charge in [-0.25, -0.2) is 14.8 Å². The van der Waals surface area contributed by atoms with Gasteiger partial charge in [-0.3, -0.25) is 0 Å². The van der Waals surface area contributed by atoms with Crippen LogP contribution >= 0.6 is 11.8 Å². The molecular formula is C18H21N3O2S. The van der Waals surface area contributed by atoms with Gasteiger partial charge >= 0.3 is 5.97 Å². The Morgan fingerprint density at radius 1 is 1.25 bits per heavy atom. The van der Waals surface area contributed by atoms with Crippen LogP contribution in [0.1, 0.15) is 41.4 Å². The molecule has 0 bridgehead atoms. The fraction of sp³-hybridized carbons (Fsp3) is 0.389. The maximum atomic E-state index is 11.8. The number of nitrogens with one attached hydrogen (secondary N) is 1. The molecule has 0 unspecified atom stereocenters. The predicted octanol–water partition coefficient (Wildman–Crippen LogP) is 4.00. The Kier molecular flexibility index (Phi) is 5.35. The van der Waals surface area contributed by atoms with Crippen molar-refractivity contribution in [1.82, 2.24) is 9.97 Å². The molecule has 2 aromatic rings. The second kappa shape index (κ2) is 7.66. The van der Waals surface area contributed by atoms with Crippen molar-refractivity contribution in [3.8, 4) is 0 Å². The summed E-state index contributed by atoms with van der Waals surface area (Å²) in [5, 5.41) is 4.16. The Bertz CT molecular complexity index is 732. The number of ether oxygens (including phenoxy) is 1. The third-order valence-corrected chi connectivity index (χ3v) is 4.46. The average molecular weight is 343 g/mol. The van der Waals surface area contributed by atoms with Gasteiger partial charge in [-0.1, -0.05) is 18.7 Å². The molecule has 0 amide bonds. The highest BCUT2D eigenvalue weighted by Crippen LogP contribution is 2.30. The highest BCUT2D eigenvalue weighted by molar-refractivity contribution is 7.98. The van der Waals surface area contributed by atoms with Crippen LogP contribution in [0.2, 0.25) is 0 Å². The Morgan fingerprint density at radius 3 is 2.75 bits per heavy atom. The van der Waals surface area contributed by atoms with Crippen LogP contribution in [0.4, 0.5) is 11.5 Å². The number of anilines is 2. The second-order valence-electron chi connectivity index (χ2n) is 5.68. The number of carbonyl (C=O) groups is 1. The zero-order valence-electron chi connectivity index (χ0n) is 14.0. The van der Waals surface area contributed by atoms with Gasteiger partial charge in [0.2, 0.25) is 0 Å². The summed E-state index contributed by atoms with van der Waals surface area (Å²) in [6.07, 6.45) is 5.95. The first-order chi connectivity index (χ1) is 11.7. The molecule has 0 saturated heterocycles. The molecule has 0 spiro atoms. The molecule has 1 N–H and O–H groups in total. The van der Waals surface area contributed by atoms with Gasteiger partial charge in [0.15, 0.2) is 5.16 Å². The Hall–Kier alpha value is -2.08. The summed E-state index contributed by atoms with van der Waals surface area (Å²) < 4.78 is 5.14. The van der Waals surface area contributed by atoms with E-state index in [-0.39, 0.29) is 5.97 Å². The van der Waals surface area contributed by atoms with Crippen molar-refractivity contribution in [2.75, 3.05) is 18.2 Å². The van der Waals surface area contributed by atoms with E-state index in [1.54, 1.807) is 23.9 Å². The molecule has 126 valence electrons. The van der Waals surface area contributed by atoms with Crippen LogP contribution in [0.15, 0.2) is 29.4 Å². The van der Waals surface area contributed by atoms with Crippen molar-refractivity contribution >= 4 is 29.2 Å². The van der Waals surface area contributed by atoms with Crippen LogP contribution in [0.3, 0.4) is 0 Å². The molecule has 1 heterocycles. The van der Waals surface area contributed by atoms with Gasteiger partial charge in [-0.2, -0.15) is 0 Å². The van der Waals surface area contributed by atoms with Crippen LogP contribution in [0.5, 0.6) is 0 Å². The molecule has 1 aliphatic rings. The molecule has 0 atom stereocenters. The van der Waals surface area contributed by atoms with Gasteiger partial charge < -0.3 is 10.1 Å². The zero-order chi connectivity index (χ0) is 16.9. The highest BCUT2D eigenvalue weighted by atomic mass is 32.2. The molecule has 1 aromatic carbocycles. The Balaban J connectivity index is 1.77. The molecule has 0 saturated carbocycles. The molecule has 0 fully saturated rings. The summed E-state index contributed by atoms with van der Waals surface area (Å²) in [7, 11) is 0. The maximum Gasteiger partial charge on any atom is 0.338 e. The first-order valence-corrected chi connectivity index (χ1v) is 9.41. The summed E-state index contributed by atoms with van der Waals surface area (Å²) >= 11 is 1.55. The molecule has 1 aliphatic carbocycles. The number of benzene rings is 1. The summed E-state index contributed by atoms with van der Waals surface area (Å²) in [6, 6.07) is 7.31. The van der Waals surface area contributed by atoms with Crippen molar-refractivity contribution < 1.29 is 9.53 Å². The van der Waals surface area contributed by atoms with E-state index in [2.05, 4.69) is 15.3 Å². The Labute approximate surface area is 146 Å². The van der Waals surface area contributed by atoms with Gasteiger partial charge in [-0.05, 0) is 56.2 Å². The van der Waals surface area contributed by atoms with E-state index >= 15 is 0 Å². The number of hydrogen-bond acceptors (Lipinski definition) is 6. The lowest BCUT2D eigenvalue weighted by Crippen LogP contribution is -2.06. The molecule has 6 heteroatoms. The summed E-state index contributed by atoms with van der Waals surface area (Å²) in [4.78, 5) is 21.0. The Morgan fingerprint density at radius 2 is 2.04 bits per heavy atom. The van der Waals surface area contributed by atoms with E-state index in [9.17, 15) is 4.79 Å². The largest absolute Gasteiger partial charge is 0.462 e. The summed E-state index contributed by atoms with van der Waals surface area (Å²) in [5.74, 6) is 0.596. The molecule has 24 heavy (non-hydrogen) atoms. The van der Waals surface area contributed by atoms with Crippen molar-refractivity contribution in [2.45, 2.75) is 37.8 Å². The van der Waals surface area contributed by atoms with E-state index in [0.29, 0.717) is 12.2 Å². The van der Waals surface area contributed by atoms with E-state index in [1.165, 1.54) is 5.56 Å². The quantitative estimate of drug-likeness (QED) is 0.486. The fourth-order valence-corrected chi connectivity index (χ4v) is 3.09. The lowest BCUT2D eigenvalue weighted by atomic mass is 10.2. The van der Waals surface area contributed by atoms with Crippen molar-refractivity contribution in [2.24, 2.45) is 0 Å². The molecular weight excluding hydrogens is 322 g/mol. The number of fused-ring (bicyclic) bond motifs is 1. The first-order valence-electron chi connectivity index (χ1n) is 8.19. The number of carbonyl (C=O) groups excluding carboxylic acids is 1. The lowest BCUT2D eigenvalue weighted by molar-refractivity contribution is 0.0505. The first kappa shape index (κ1) is 16.8.